The zero-order valence-corrected chi connectivity index (χ0v) is 15.9. The molecule has 1 aliphatic heterocycles. The van der Waals surface area contributed by atoms with Crippen LogP contribution in [0.2, 0.25) is 0 Å². The molecule has 2 aromatic heterocycles. The van der Waals surface area contributed by atoms with Gasteiger partial charge in [-0.25, -0.2) is 0 Å². The first-order chi connectivity index (χ1) is 13.0. The lowest BCUT2D eigenvalue weighted by molar-refractivity contribution is 0.0703. The topological polar surface area (TPSA) is 95.8 Å². The van der Waals surface area contributed by atoms with Gasteiger partial charge >= 0.3 is 0 Å². The van der Waals surface area contributed by atoms with Crippen LogP contribution in [0.5, 0.6) is 0 Å². The molecule has 1 N–H and O–H groups in total. The van der Waals surface area contributed by atoms with Crippen LogP contribution in [0.3, 0.4) is 0 Å². The number of piperidine rings is 1. The van der Waals surface area contributed by atoms with Gasteiger partial charge in [-0.15, -0.1) is 10.2 Å². The molecule has 0 aliphatic carbocycles. The average Bonchev–Trinajstić information content (AvgIpc) is 3.27. The van der Waals surface area contributed by atoms with Crippen LogP contribution in [-0.2, 0) is 13.6 Å². The van der Waals surface area contributed by atoms with E-state index in [1.165, 1.54) is 0 Å². The van der Waals surface area contributed by atoms with Crippen LogP contribution in [0.25, 0.3) is 11.0 Å². The summed E-state index contributed by atoms with van der Waals surface area (Å²) in [5.41, 5.74) is 2.11. The van der Waals surface area contributed by atoms with E-state index in [0.717, 1.165) is 43.1 Å². The number of hydrogen-bond donors (Lipinski definition) is 1. The molecule has 1 saturated heterocycles. The number of amides is 1. The number of hydrogen-bond acceptors (Lipinski definition) is 6. The molecule has 0 bridgehead atoms. The number of H-pyrrole nitrogens is 1. The first kappa shape index (κ1) is 17.6. The highest BCUT2D eigenvalue weighted by Gasteiger charge is 2.29. The first-order valence-electron chi connectivity index (χ1n) is 9.15. The fourth-order valence-electron chi connectivity index (χ4n) is 3.68. The minimum Gasteiger partial charge on any atom is -0.338 e. The number of nitrogens with zero attached hydrogens (tertiary/aromatic N) is 7. The largest absolute Gasteiger partial charge is 0.338 e. The quantitative estimate of drug-likeness (QED) is 0.743. The van der Waals surface area contributed by atoms with Crippen LogP contribution in [0.4, 0.5) is 0 Å². The predicted molar refractivity (Wildman–Crippen MR) is 100 cm³/mol. The van der Waals surface area contributed by atoms with Crippen molar-refractivity contribution in [2.24, 2.45) is 7.05 Å². The first-order valence-corrected chi connectivity index (χ1v) is 9.15. The van der Waals surface area contributed by atoms with Crippen molar-refractivity contribution in [2.45, 2.75) is 25.3 Å². The van der Waals surface area contributed by atoms with E-state index < -0.39 is 0 Å². The van der Waals surface area contributed by atoms with E-state index in [-0.39, 0.29) is 11.8 Å². The van der Waals surface area contributed by atoms with Crippen LogP contribution in [0, 0.1) is 0 Å². The molecule has 1 aromatic carbocycles. The molecule has 9 heteroatoms. The second-order valence-corrected chi connectivity index (χ2v) is 7.39. The molecule has 142 valence electrons. The summed E-state index contributed by atoms with van der Waals surface area (Å²) in [6.07, 6.45) is 1.97. The monoisotopic (exact) mass is 368 g/mol. The smallest absolute Gasteiger partial charge is 0.253 e. The molecule has 1 atom stereocenters. The molecule has 1 amide bonds. The van der Waals surface area contributed by atoms with E-state index in [9.17, 15) is 4.79 Å². The predicted octanol–water partition coefficient (Wildman–Crippen LogP) is 1.17. The van der Waals surface area contributed by atoms with Crippen LogP contribution in [0.15, 0.2) is 18.2 Å². The van der Waals surface area contributed by atoms with Crippen LogP contribution < -0.4 is 0 Å². The Bertz CT molecular complexity index is 959. The third-order valence-corrected chi connectivity index (χ3v) is 5.09. The Hall–Kier alpha value is -2.81. The van der Waals surface area contributed by atoms with Crippen molar-refractivity contribution in [3.8, 4) is 0 Å². The van der Waals surface area contributed by atoms with Crippen molar-refractivity contribution in [2.75, 3.05) is 27.2 Å². The molecule has 4 rings (SSSR count). The summed E-state index contributed by atoms with van der Waals surface area (Å²) in [4.78, 5) is 17.0. The minimum absolute atomic E-state index is 0.0280. The highest BCUT2D eigenvalue weighted by Crippen LogP contribution is 2.27. The summed E-state index contributed by atoms with van der Waals surface area (Å²) in [5.74, 6) is 2.12. The van der Waals surface area contributed by atoms with Gasteiger partial charge in [-0.2, -0.15) is 15.4 Å². The van der Waals surface area contributed by atoms with Crippen molar-refractivity contribution >= 4 is 16.9 Å². The maximum Gasteiger partial charge on any atom is 0.253 e. The number of rotatable bonds is 4. The third-order valence-electron chi connectivity index (χ3n) is 5.09. The third kappa shape index (κ3) is 3.42. The SMILES string of the molecule is CN(C)Cc1nnc(C2CCCN(C(=O)c3ccc4n[nH]nc4c3)C2)n1C. The number of nitrogens with one attached hydrogen (secondary N) is 1. The van der Waals surface area contributed by atoms with E-state index in [0.29, 0.717) is 17.6 Å². The van der Waals surface area contributed by atoms with Crippen molar-refractivity contribution in [3.63, 3.8) is 0 Å². The van der Waals surface area contributed by atoms with Gasteiger partial charge in [-0.3, -0.25) is 4.79 Å². The number of benzene rings is 1. The van der Waals surface area contributed by atoms with Gasteiger partial charge < -0.3 is 14.4 Å². The summed E-state index contributed by atoms with van der Waals surface area (Å²) in [6, 6.07) is 5.43. The van der Waals surface area contributed by atoms with Crippen molar-refractivity contribution in [3.05, 3.63) is 35.4 Å². The van der Waals surface area contributed by atoms with Crippen molar-refractivity contribution in [1.82, 2.24) is 40.0 Å². The summed E-state index contributed by atoms with van der Waals surface area (Å²) in [5, 5.41) is 19.5. The summed E-state index contributed by atoms with van der Waals surface area (Å²) in [6.45, 7) is 2.16. The lowest BCUT2D eigenvalue weighted by atomic mass is 9.96. The Morgan fingerprint density at radius 3 is 2.89 bits per heavy atom. The van der Waals surface area contributed by atoms with E-state index in [2.05, 4.69) is 35.1 Å². The lowest BCUT2D eigenvalue weighted by Crippen LogP contribution is -2.39. The standard InChI is InChI=1S/C18H24N8O/c1-24(2)11-16-21-22-17(25(16)3)13-5-4-8-26(10-13)18(27)12-6-7-14-15(9-12)20-23-19-14/h6-7,9,13H,4-5,8,10-11H2,1-3H3,(H,19,20,23). The van der Waals surface area contributed by atoms with Crippen LogP contribution in [0.1, 0.15) is 40.8 Å². The molecule has 0 spiro atoms. The van der Waals surface area contributed by atoms with E-state index >= 15 is 0 Å². The highest BCUT2D eigenvalue weighted by molar-refractivity contribution is 5.97. The molecule has 0 radical (unpaired) electrons. The molecule has 1 fully saturated rings. The number of aromatic amines is 1. The molecular weight excluding hydrogens is 344 g/mol. The molecule has 1 unspecified atom stereocenters. The van der Waals surface area contributed by atoms with Gasteiger partial charge in [0.05, 0.1) is 6.54 Å². The fourth-order valence-corrected chi connectivity index (χ4v) is 3.68. The minimum atomic E-state index is 0.0280. The van der Waals surface area contributed by atoms with E-state index in [1.54, 1.807) is 6.07 Å². The normalized spacial score (nSPS) is 17.8. The number of aromatic nitrogens is 6. The van der Waals surface area contributed by atoms with Gasteiger partial charge in [0, 0.05) is 31.6 Å². The average molecular weight is 368 g/mol. The van der Waals surface area contributed by atoms with Gasteiger partial charge in [0.1, 0.15) is 22.7 Å². The number of carbonyl (C=O) groups is 1. The number of fused-ring (bicyclic) bond motifs is 1. The van der Waals surface area contributed by atoms with Gasteiger partial charge in [0.2, 0.25) is 0 Å². The summed E-state index contributed by atoms with van der Waals surface area (Å²) < 4.78 is 2.07. The van der Waals surface area contributed by atoms with Gasteiger partial charge in [-0.1, -0.05) is 0 Å². The second-order valence-electron chi connectivity index (χ2n) is 7.39. The van der Waals surface area contributed by atoms with Crippen molar-refractivity contribution < 1.29 is 4.79 Å². The Morgan fingerprint density at radius 2 is 2.07 bits per heavy atom. The van der Waals surface area contributed by atoms with Crippen molar-refractivity contribution in [1.29, 1.82) is 0 Å². The fraction of sp³-hybridized carbons (Fsp3) is 0.500. The molecular formula is C18H24N8O. The summed E-state index contributed by atoms with van der Waals surface area (Å²) >= 11 is 0. The Balaban J connectivity index is 1.52. The van der Waals surface area contributed by atoms with E-state index in [1.807, 2.05) is 38.2 Å². The van der Waals surface area contributed by atoms with Gasteiger partial charge in [-0.05, 0) is 45.1 Å². The molecule has 9 nitrogen and oxygen atoms in total. The maximum absolute atomic E-state index is 13.0. The van der Waals surface area contributed by atoms with Gasteiger partial charge in [0.25, 0.3) is 5.91 Å². The summed E-state index contributed by atoms with van der Waals surface area (Å²) in [7, 11) is 6.04. The zero-order valence-electron chi connectivity index (χ0n) is 15.9. The lowest BCUT2D eigenvalue weighted by Gasteiger charge is -2.32. The molecule has 1 aliphatic rings. The molecule has 3 aromatic rings. The van der Waals surface area contributed by atoms with Gasteiger partial charge in [0.15, 0.2) is 0 Å². The van der Waals surface area contributed by atoms with Crippen LogP contribution >= 0.6 is 0 Å². The Morgan fingerprint density at radius 1 is 1.26 bits per heavy atom. The molecule has 0 saturated carbocycles. The maximum atomic E-state index is 13.0. The Labute approximate surface area is 157 Å². The molecule has 3 heterocycles. The Kier molecular flexibility index (Phi) is 4.61. The number of likely N-dealkylation sites (tertiary alicyclic amines) is 1. The highest BCUT2D eigenvalue weighted by atomic mass is 16.2. The second kappa shape index (κ2) is 7.07. The zero-order chi connectivity index (χ0) is 19.0. The number of carbonyl (C=O) groups excluding carboxylic acids is 1. The van der Waals surface area contributed by atoms with Crippen LogP contribution in [-0.4, -0.2) is 73.1 Å². The molecule has 27 heavy (non-hydrogen) atoms. The van der Waals surface area contributed by atoms with E-state index in [4.69, 9.17) is 0 Å².